The van der Waals surface area contributed by atoms with Crippen LogP contribution in [0.1, 0.15) is 24.3 Å². The molecular formula is C9H11NO3S. The molecule has 1 aromatic rings. The van der Waals surface area contributed by atoms with Gasteiger partial charge in [0.2, 0.25) is 5.91 Å². The molecule has 76 valence electrons. The number of hydrogen-bond acceptors (Lipinski definition) is 3. The molecule has 0 saturated heterocycles. The normalized spacial score (nSPS) is 12.3. The van der Waals surface area contributed by atoms with Crippen LogP contribution in [0.15, 0.2) is 16.8 Å². The second kappa shape index (κ2) is 4.76. The number of rotatable bonds is 5. The predicted molar refractivity (Wildman–Crippen MR) is 53.1 cm³/mol. The molecule has 1 rings (SSSR count). The third-order valence-corrected chi connectivity index (χ3v) is 2.58. The highest BCUT2D eigenvalue weighted by Crippen LogP contribution is 2.25. The minimum absolute atomic E-state index is 0.0559. The number of amides is 1. The predicted octanol–water partition coefficient (Wildman–Crippen LogP) is 1.18. The van der Waals surface area contributed by atoms with E-state index in [-0.39, 0.29) is 18.8 Å². The van der Waals surface area contributed by atoms with E-state index in [0.717, 1.165) is 5.56 Å². The Hall–Kier alpha value is -1.36. The van der Waals surface area contributed by atoms with Crippen molar-refractivity contribution >= 4 is 23.2 Å². The molecule has 0 saturated carbocycles. The SMILES string of the molecule is NC(=O)C[C@H](CC(=O)O)c1ccsc1. The Kier molecular flexibility index (Phi) is 3.64. The number of carboxylic acids is 1. The van der Waals surface area contributed by atoms with Gasteiger partial charge in [-0.25, -0.2) is 0 Å². The van der Waals surface area contributed by atoms with Crippen LogP contribution in [-0.4, -0.2) is 17.0 Å². The number of nitrogens with two attached hydrogens (primary N) is 1. The van der Waals surface area contributed by atoms with E-state index in [4.69, 9.17) is 10.8 Å². The van der Waals surface area contributed by atoms with E-state index >= 15 is 0 Å². The molecule has 1 atom stereocenters. The van der Waals surface area contributed by atoms with Gasteiger partial charge in [0, 0.05) is 12.3 Å². The first-order chi connectivity index (χ1) is 6.59. The van der Waals surface area contributed by atoms with Crippen LogP contribution in [0.3, 0.4) is 0 Å². The molecule has 3 N–H and O–H groups in total. The summed E-state index contributed by atoms with van der Waals surface area (Å²) in [5.41, 5.74) is 5.92. The molecule has 0 bridgehead atoms. The zero-order chi connectivity index (χ0) is 10.6. The Labute approximate surface area is 85.4 Å². The van der Waals surface area contributed by atoms with E-state index in [0.29, 0.717) is 0 Å². The number of carboxylic acid groups (broad SMARTS) is 1. The molecule has 0 spiro atoms. The lowest BCUT2D eigenvalue weighted by molar-refractivity contribution is -0.137. The maximum atomic E-state index is 10.7. The minimum Gasteiger partial charge on any atom is -0.481 e. The van der Waals surface area contributed by atoms with Crippen LogP contribution in [0.5, 0.6) is 0 Å². The van der Waals surface area contributed by atoms with Crippen molar-refractivity contribution in [1.29, 1.82) is 0 Å². The fourth-order valence-electron chi connectivity index (χ4n) is 1.27. The van der Waals surface area contributed by atoms with Gasteiger partial charge in [-0.1, -0.05) is 0 Å². The van der Waals surface area contributed by atoms with Gasteiger partial charge in [-0.2, -0.15) is 11.3 Å². The van der Waals surface area contributed by atoms with Crippen molar-refractivity contribution in [3.63, 3.8) is 0 Å². The van der Waals surface area contributed by atoms with Gasteiger partial charge in [-0.3, -0.25) is 9.59 Å². The lowest BCUT2D eigenvalue weighted by Gasteiger charge is -2.10. The fraction of sp³-hybridized carbons (Fsp3) is 0.333. The van der Waals surface area contributed by atoms with Gasteiger partial charge >= 0.3 is 5.97 Å². The van der Waals surface area contributed by atoms with Gasteiger partial charge in [0.1, 0.15) is 0 Å². The average molecular weight is 213 g/mol. The molecule has 0 unspecified atom stereocenters. The molecule has 14 heavy (non-hydrogen) atoms. The van der Waals surface area contributed by atoms with Crippen LogP contribution in [0.4, 0.5) is 0 Å². The number of hydrogen-bond donors (Lipinski definition) is 2. The first-order valence-corrected chi connectivity index (χ1v) is 5.06. The standard InChI is InChI=1S/C9H11NO3S/c10-8(11)3-7(4-9(12)13)6-1-2-14-5-6/h1-2,5,7H,3-4H2,(H2,10,11)(H,12,13)/t7-/m1/s1. The van der Waals surface area contributed by atoms with E-state index in [9.17, 15) is 9.59 Å². The Bertz CT molecular complexity index is 305. The summed E-state index contributed by atoms with van der Waals surface area (Å²) in [6, 6.07) is 1.82. The summed E-state index contributed by atoms with van der Waals surface area (Å²) in [6.45, 7) is 0. The zero-order valence-electron chi connectivity index (χ0n) is 7.47. The molecule has 5 heteroatoms. The summed E-state index contributed by atoms with van der Waals surface area (Å²) in [6.07, 6.45) is 0.0305. The molecule has 0 aromatic carbocycles. The summed E-state index contributed by atoms with van der Waals surface area (Å²) in [5.74, 6) is -1.68. The van der Waals surface area contributed by atoms with Gasteiger partial charge in [0.05, 0.1) is 6.42 Å². The van der Waals surface area contributed by atoms with E-state index in [1.54, 1.807) is 0 Å². The van der Waals surface area contributed by atoms with Crippen LogP contribution in [-0.2, 0) is 9.59 Å². The van der Waals surface area contributed by atoms with Crippen molar-refractivity contribution in [3.05, 3.63) is 22.4 Å². The van der Waals surface area contributed by atoms with E-state index < -0.39 is 11.9 Å². The summed E-state index contributed by atoms with van der Waals surface area (Å²) < 4.78 is 0. The van der Waals surface area contributed by atoms with Crippen molar-refractivity contribution in [2.24, 2.45) is 5.73 Å². The molecule has 1 heterocycles. The molecule has 0 aliphatic heterocycles. The summed E-state index contributed by atoms with van der Waals surface area (Å²) >= 11 is 1.48. The smallest absolute Gasteiger partial charge is 0.303 e. The molecule has 4 nitrogen and oxygen atoms in total. The lowest BCUT2D eigenvalue weighted by atomic mass is 9.95. The second-order valence-electron chi connectivity index (χ2n) is 3.02. The Balaban J connectivity index is 2.71. The third kappa shape index (κ3) is 3.18. The van der Waals surface area contributed by atoms with Crippen molar-refractivity contribution in [2.75, 3.05) is 0 Å². The summed E-state index contributed by atoms with van der Waals surface area (Å²) in [7, 11) is 0. The van der Waals surface area contributed by atoms with Gasteiger partial charge in [-0.05, 0) is 22.4 Å². The van der Waals surface area contributed by atoms with Gasteiger partial charge in [-0.15, -0.1) is 0 Å². The Morgan fingerprint density at radius 2 is 2.21 bits per heavy atom. The number of aliphatic carboxylic acids is 1. The number of carbonyl (C=O) groups excluding carboxylic acids is 1. The maximum Gasteiger partial charge on any atom is 0.303 e. The van der Waals surface area contributed by atoms with Crippen molar-refractivity contribution in [2.45, 2.75) is 18.8 Å². The third-order valence-electron chi connectivity index (χ3n) is 1.88. The number of primary amides is 1. The Morgan fingerprint density at radius 3 is 2.64 bits per heavy atom. The van der Waals surface area contributed by atoms with Crippen LogP contribution in [0.2, 0.25) is 0 Å². The Morgan fingerprint density at radius 1 is 1.50 bits per heavy atom. The number of thiophene rings is 1. The largest absolute Gasteiger partial charge is 0.481 e. The summed E-state index contributed by atoms with van der Waals surface area (Å²) in [5, 5.41) is 12.3. The van der Waals surface area contributed by atoms with Crippen LogP contribution in [0, 0.1) is 0 Å². The van der Waals surface area contributed by atoms with E-state index in [1.165, 1.54) is 11.3 Å². The van der Waals surface area contributed by atoms with Crippen molar-refractivity contribution in [1.82, 2.24) is 0 Å². The molecule has 0 aliphatic rings. The molecule has 1 aromatic heterocycles. The lowest BCUT2D eigenvalue weighted by Crippen LogP contribution is -2.17. The second-order valence-corrected chi connectivity index (χ2v) is 3.80. The number of carbonyl (C=O) groups is 2. The van der Waals surface area contributed by atoms with Gasteiger partial charge in [0.15, 0.2) is 0 Å². The van der Waals surface area contributed by atoms with E-state index in [1.807, 2.05) is 16.8 Å². The molecule has 1 amide bonds. The topological polar surface area (TPSA) is 80.4 Å². The van der Waals surface area contributed by atoms with Gasteiger partial charge in [0.25, 0.3) is 0 Å². The zero-order valence-corrected chi connectivity index (χ0v) is 8.29. The van der Waals surface area contributed by atoms with Crippen molar-refractivity contribution in [3.8, 4) is 0 Å². The summed E-state index contributed by atoms with van der Waals surface area (Å²) in [4.78, 5) is 21.3. The maximum absolute atomic E-state index is 10.7. The molecular weight excluding hydrogens is 202 g/mol. The average Bonchev–Trinajstić information content (AvgIpc) is 2.52. The first-order valence-electron chi connectivity index (χ1n) is 4.11. The highest BCUT2D eigenvalue weighted by Gasteiger charge is 2.18. The van der Waals surface area contributed by atoms with Gasteiger partial charge < -0.3 is 10.8 Å². The van der Waals surface area contributed by atoms with E-state index in [2.05, 4.69) is 0 Å². The molecule has 0 fully saturated rings. The highest BCUT2D eigenvalue weighted by atomic mass is 32.1. The van der Waals surface area contributed by atoms with Crippen LogP contribution >= 0.6 is 11.3 Å². The quantitative estimate of drug-likeness (QED) is 0.770. The van der Waals surface area contributed by atoms with Crippen LogP contribution in [0.25, 0.3) is 0 Å². The highest BCUT2D eigenvalue weighted by molar-refractivity contribution is 7.08. The molecule has 0 radical (unpaired) electrons. The first kappa shape index (κ1) is 10.7. The molecule has 0 aliphatic carbocycles. The minimum atomic E-state index is -0.914. The fourth-order valence-corrected chi connectivity index (χ4v) is 2.01. The van der Waals surface area contributed by atoms with Crippen LogP contribution < -0.4 is 5.73 Å². The monoisotopic (exact) mass is 213 g/mol. The van der Waals surface area contributed by atoms with Crippen molar-refractivity contribution < 1.29 is 14.7 Å².